The van der Waals surface area contributed by atoms with E-state index in [2.05, 4.69) is 29.8 Å². The first kappa shape index (κ1) is 9.46. The molecule has 0 saturated carbocycles. The third kappa shape index (κ3) is 1.73. The monoisotopic (exact) mass is 192 g/mol. The fourth-order valence-corrected chi connectivity index (χ4v) is 1.76. The van der Waals surface area contributed by atoms with E-state index in [9.17, 15) is 0 Å². The van der Waals surface area contributed by atoms with Crippen LogP contribution in [0, 0.1) is 0 Å². The lowest BCUT2D eigenvalue weighted by Gasteiger charge is -2.26. The highest BCUT2D eigenvalue weighted by Crippen LogP contribution is 2.22. The van der Waals surface area contributed by atoms with E-state index in [1.807, 2.05) is 12.3 Å². The van der Waals surface area contributed by atoms with Crippen LogP contribution in [-0.4, -0.2) is 24.2 Å². The summed E-state index contributed by atoms with van der Waals surface area (Å²) in [6, 6.07) is 4.53. The summed E-state index contributed by atoms with van der Waals surface area (Å²) in [5.41, 5.74) is 1.19. The number of hydrogen-bond acceptors (Lipinski definition) is 3. The molecule has 1 aliphatic heterocycles. The highest BCUT2D eigenvalue weighted by Gasteiger charge is 2.18. The van der Waals surface area contributed by atoms with Crippen molar-refractivity contribution in [1.82, 2.24) is 4.98 Å². The van der Waals surface area contributed by atoms with Crippen LogP contribution in [0.2, 0.25) is 0 Å². The minimum atomic E-state index is 0.477. The van der Waals surface area contributed by atoms with Gasteiger partial charge in [-0.05, 0) is 19.9 Å². The molecular weight excluding hydrogens is 176 g/mol. The molecule has 3 heteroatoms. The Kier molecular flexibility index (Phi) is 2.68. The molecule has 0 N–H and O–H groups in total. The van der Waals surface area contributed by atoms with Gasteiger partial charge in [0.1, 0.15) is 5.82 Å². The third-order valence-electron chi connectivity index (χ3n) is 2.50. The van der Waals surface area contributed by atoms with Gasteiger partial charge in [0.15, 0.2) is 0 Å². The van der Waals surface area contributed by atoms with Crippen molar-refractivity contribution in [1.29, 1.82) is 0 Å². The molecule has 2 heterocycles. The zero-order valence-corrected chi connectivity index (χ0v) is 8.73. The van der Waals surface area contributed by atoms with E-state index in [0.717, 1.165) is 19.0 Å². The molecule has 0 spiro atoms. The van der Waals surface area contributed by atoms with Crippen LogP contribution in [0.3, 0.4) is 0 Å². The molecule has 0 bridgehead atoms. The molecule has 0 aromatic carbocycles. The predicted octanol–water partition coefficient (Wildman–Crippen LogP) is 1.83. The van der Waals surface area contributed by atoms with Gasteiger partial charge in [-0.15, -0.1) is 0 Å². The molecule has 1 aromatic heterocycles. The summed E-state index contributed by atoms with van der Waals surface area (Å²) in [6.45, 7) is 6.77. The lowest BCUT2D eigenvalue weighted by molar-refractivity contribution is 0.132. The summed E-state index contributed by atoms with van der Waals surface area (Å²) < 4.78 is 5.52. The fourth-order valence-electron chi connectivity index (χ4n) is 1.76. The Bertz CT molecular complexity index is 312. The number of rotatable bonds is 1. The Morgan fingerprint density at radius 3 is 3.14 bits per heavy atom. The van der Waals surface area contributed by atoms with Gasteiger partial charge >= 0.3 is 0 Å². The summed E-state index contributed by atoms with van der Waals surface area (Å²) in [4.78, 5) is 6.72. The van der Waals surface area contributed by atoms with Gasteiger partial charge in [-0.3, -0.25) is 0 Å². The number of ether oxygens (including phenoxy) is 1. The van der Waals surface area contributed by atoms with Crippen molar-refractivity contribution in [2.24, 2.45) is 0 Å². The topological polar surface area (TPSA) is 25.4 Å². The van der Waals surface area contributed by atoms with Crippen LogP contribution in [0.15, 0.2) is 18.3 Å². The SMILES string of the molecule is CC(C)N1CCOCc2cccnc21. The molecule has 0 saturated heterocycles. The lowest BCUT2D eigenvalue weighted by atomic mass is 10.2. The number of pyridine rings is 1. The van der Waals surface area contributed by atoms with Crippen LogP contribution in [0.5, 0.6) is 0 Å². The molecule has 0 unspecified atom stereocenters. The van der Waals surface area contributed by atoms with E-state index in [4.69, 9.17) is 4.74 Å². The molecule has 1 aromatic rings. The average Bonchev–Trinajstić information content (AvgIpc) is 2.39. The lowest BCUT2D eigenvalue weighted by Crippen LogP contribution is -2.33. The van der Waals surface area contributed by atoms with Gasteiger partial charge in [-0.2, -0.15) is 0 Å². The summed E-state index contributed by atoms with van der Waals surface area (Å²) >= 11 is 0. The van der Waals surface area contributed by atoms with Gasteiger partial charge in [-0.25, -0.2) is 4.98 Å². The van der Waals surface area contributed by atoms with Crippen LogP contribution in [-0.2, 0) is 11.3 Å². The maximum absolute atomic E-state index is 5.52. The Balaban J connectivity index is 2.37. The van der Waals surface area contributed by atoms with Gasteiger partial charge in [-0.1, -0.05) is 6.07 Å². The molecule has 1 aliphatic rings. The second-order valence-electron chi connectivity index (χ2n) is 3.83. The number of fused-ring (bicyclic) bond motifs is 1. The summed E-state index contributed by atoms with van der Waals surface area (Å²) in [5.74, 6) is 1.08. The largest absolute Gasteiger partial charge is 0.375 e. The smallest absolute Gasteiger partial charge is 0.134 e. The maximum atomic E-state index is 5.52. The van der Waals surface area contributed by atoms with Gasteiger partial charge in [0.2, 0.25) is 0 Å². The Labute approximate surface area is 84.7 Å². The van der Waals surface area contributed by atoms with E-state index in [0.29, 0.717) is 12.6 Å². The molecule has 3 nitrogen and oxygen atoms in total. The summed E-state index contributed by atoms with van der Waals surface area (Å²) in [7, 11) is 0. The first-order valence-electron chi connectivity index (χ1n) is 5.07. The summed E-state index contributed by atoms with van der Waals surface area (Å²) in [6.07, 6.45) is 1.85. The van der Waals surface area contributed by atoms with Crippen LogP contribution in [0.4, 0.5) is 5.82 Å². The highest BCUT2D eigenvalue weighted by molar-refractivity contribution is 5.47. The van der Waals surface area contributed by atoms with Crippen LogP contribution in [0.1, 0.15) is 19.4 Å². The number of anilines is 1. The molecule has 76 valence electrons. The fraction of sp³-hybridized carbons (Fsp3) is 0.545. The van der Waals surface area contributed by atoms with Crippen LogP contribution < -0.4 is 4.90 Å². The Morgan fingerprint density at radius 2 is 2.36 bits per heavy atom. The quantitative estimate of drug-likeness (QED) is 0.678. The van der Waals surface area contributed by atoms with E-state index >= 15 is 0 Å². The molecule has 0 atom stereocenters. The molecule has 0 radical (unpaired) electrons. The number of aromatic nitrogens is 1. The van der Waals surface area contributed by atoms with Crippen molar-refractivity contribution in [3.8, 4) is 0 Å². The zero-order chi connectivity index (χ0) is 9.97. The van der Waals surface area contributed by atoms with Crippen molar-refractivity contribution in [3.05, 3.63) is 23.9 Å². The summed E-state index contributed by atoms with van der Waals surface area (Å²) in [5, 5.41) is 0. The van der Waals surface area contributed by atoms with Crippen molar-refractivity contribution >= 4 is 5.82 Å². The standard InChI is InChI=1S/C11H16N2O/c1-9(2)13-6-7-14-8-10-4-3-5-12-11(10)13/h3-5,9H,6-8H2,1-2H3. The minimum Gasteiger partial charge on any atom is -0.375 e. The highest BCUT2D eigenvalue weighted by atomic mass is 16.5. The third-order valence-corrected chi connectivity index (χ3v) is 2.50. The second-order valence-corrected chi connectivity index (χ2v) is 3.83. The minimum absolute atomic E-state index is 0.477. The molecule has 14 heavy (non-hydrogen) atoms. The Morgan fingerprint density at radius 1 is 1.50 bits per heavy atom. The number of hydrogen-bond donors (Lipinski definition) is 0. The molecular formula is C11H16N2O. The van der Waals surface area contributed by atoms with Gasteiger partial charge in [0.05, 0.1) is 13.2 Å². The zero-order valence-electron chi connectivity index (χ0n) is 8.73. The van der Waals surface area contributed by atoms with E-state index in [1.165, 1.54) is 5.56 Å². The van der Waals surface area contributed by atoms with Crippen LogP contribution >= 0.6 is 0 Å². The Hall–Kier alpha value is -1.09. The van der Waals surface area contributed by atoms with Crippen molar-refractivity contribution in [2.45, 2.75) is 26.5 Å². The normalized spacial score (nSPS) is 16.6. The first-order chi connectivity index (χ1) is 6.79. The molecule has 0 amide bonds. The average molecular weight is 192 g/mol. The molecule has 0 fully saturated rings. The van der Waals surface area contributed by atoms with Gasteiger partial charge < -0.3 is 9.64 Å². The molecule has 2 rings (SSSR count). The maximum Gasteiger partial charge on any atom is 0.134 e. The van der Waals surface area contributed by atoms with Crippen molar-refractivity contribution in [2.75, 3.05) is 18.1 Å². The van der Waals surface area contributed by atoms with Gasteiger partial charge in [0.25, 0.3) is 0 Å². The first-order valence-corrected chi connectivity index (χ1v) is 5.07. The van der Waals surface area contributed by atoms with E-state index < -0.39 is 0 Å². The predicted molar refractivity (Wildman–Crippen MR) is 56.4 cm³/mol. The van der Waals surface area contributed by atoms with E-state index in [-0.39, 0.29) is 0 Å². The van der Waals surface area contributed by atoms with Crippen LogP contribution in [0.25, 0.3) is 0 Å². The van der Waals surface area contributed by atoms with Gasteiger partial charge in [0, 0.05) is 24.3 Å². The van der Waals surface area contributed by atoms with Crippen molar-refractivity contribution < 1.29 is 4.74 Å². The number of nitrogens with zero attached hydrogens (tertiary/aromatic N) is 2. The molecule has 0 aliphatic carbocycles. The van der Waals surface area contributed by atoms with E-state index in [1.54, 1.807) is 0 Å². The van der Waals surface area contributed by atoms with Crippen molar-refractivity contribution in [3.63, 3.8) is 0 Å². The second kappa shape index (κ2) is 3.96.